The Morgan fingerprint density at radius 1 is 1.11 bits per heavy atom. The van der Waals surface area contributed by atoms with Crippen molar-refractivity contribution in [1.82, 2.24) is 24.5 Å². The van der Waals surface area contributed by atoms with Crippen LogP contribution in [0, 0.1) is 0 Å². The summed E-state index contributed by atoms with van der Waals surface area (Å²) >= 11 is 0. The van der Waals surface area contributed by atoms with Crippen LogP contribution in [0.3, 0.4) is 0 Å². The first-order valence-electron chi connectivity index (χ1n) is 8.14. The monoisotopic (exact) mass is 386 g/mol. The summed E-state index contributed by atoms with van der Waals surface area (Å²) in [7, 11) is -3.67. The molecule has 1 aromatic carbocycles. The summed E-state index contributed by atoms with van der Waals surface area (Å²) in [6, 6.07) is 10.3. The van der Waals surface area contributed by atoms with Crippen LogP contribution < -0.4 is 10.0 Å². The molecule has 0 aliphatic carbocycles. The number of benzene rings is 1. The molecular weight excluding hydrogens is 368 g/mol. The smallest absolute Gasteiger partial charge is 0.242 e. The Morgan fingerprint density at radius 3 is 2.59 bits per heavy atom. The lowest BCUT2D eigenvalue weighted by Gasteiger charge is -2.08. The van der Waals surface area contributed by atoms with Gasteiger partial charge in [-0.2, -0.15) is 5.10 Å². The van der Waals surface area contributed by atoms with E-state index in [1.807, 2.05) is 12.1 Å². The maximum Gasteiger partial charge on any atom is 0.242 e. The van der Waals surface area contributed by atoms with Crippen LogP contribution in [0.1, 0.15) is 12.0 Å². The molecule has 2 N–H and O–H groups in total. The highest BCUT2D eigenvalue weighted by atomic mass is 32.2. The Balaban J connectivity index is 1.46. The average Bonchev–Trinajstić information content (AvgIpc) is 3.17. The van der Waals surface area contributed by atoms with Crippen molar-refractivity contribution in [1.29, 1.82) is 0 Å². The first-order chi connectivity index (χ1) is 13.0. The van der Waals surface area contributed by atoms with Crippen LogP contribution in [0.15, 0.2) is 66.3 Å². The predicted molar refractivity (Wildman–Crippen MR) is 98.2 cm³/mol. The average molecular weight is 386 g/mol. The fourth-order valence-corrected chi connectivity index (χ4v) is 3.30. The van der Waals surface area contributed by atoms with Gasteiger partial charge in [-0.3, -0.25) is 9.78 Å². The third-order valence-corrected chi connectivity index (χ3v) is 5.08. The molecule has 0 fully saturated rings. The minimum atomic E-state index is -3.67. The Kier molecular flexibility index (Phi) is 5.89. The summed E-state index contributed by atoms with van der Waals surface area (Å²) in [4.78, 5) is 19.7. The minimum absolute atomic E-state index is 0.00650. The number of nitrogens with zero attached hydrogens (tertiary/aromatic N) is 4. The van der Waals surface area contributed by atoms with E-state index in [1.54, 1.807) is 23.1 Å². The molecule has 0 bridgehead atoms. The highest BCUT2D eigenvalue weighted by Gasteiger charge is 2.14. The number of amides is 1. The maximum absolute atomic E-state index is 12.0. The molecule has 3 aromatic rings. The summed E-state index contributed by atoms with van der Waals surface area (Å²) in [6.07, 6.45) is 5.85. The van der Waals surface area contributed by atoms with Crippen LogP contribution in [0.25, 0.3) is 0 Å². The number of rotatable bonds is 8. The summed E-state index contributed by atoms with van der Waals surface area (Å²) in [5, 5.41) is 6.77. The second-order valence-corrected chi connectivity index (χ2v) is 7.44. The van der Waals surface area contributed by atoms with Gasteiger partial charge in [-0.1, -0.05) is 12.1 Å². The molecule has 9 nitrogen and oxygen atoms in total. The fourth-order valence-electron chi connectivity index (χ4n) is 2.31. The van der Waals surface area contributed by atoms with Gasteiger partial charge >= 0.3 is 0 Å². The van der Waals surface area contributed by atoms with Crippen molar-refractivity contribution in [3.63, 3.8) is 0 Å². The summed E-state index contributed by atoms with van der Waals surface area (Å²) in [5.41, 5.74) is 1.65. The molecular formula is C17H18N6O3S. The first-order valence-corrected chi connectivity index (χ1v) is 9.62. The van der Waals surface area contributed by atoms with Gasteiger partial charge in [0, 0.05) is 31.0 Å². The molecule has 0 unspecified atom stereocenters. The third-order valence-electron chi connectivity index (χ3n) is 3.64. The number of pyridine rings is 1. The predicted octanol–water partition coefficient (Wildman–Crippen LogP) is 1.03. The van der Waals surface area contributed by atoms with E-state index in [2.05, 4.69) is 25.1 Å². The first kappa shape index (κ1) is 18.7. The zero-order chi connectivity index (χ0) is 19.1. The van der Waals surface area contributed by atoms with Crippen molar-refractivity contribution in [3.8, 4) is 0 Å². The Bertz CT molecular complexity index is 973. The molecule has 140 valence electrons. The second kappa shape index (κ2) is 8.52. The molecule has 3 rings (SSSR count). The molecule has 0 spiro atoms. The number of sulfonamides is 1. The maximum atomic E-state index is 12.0. The van der Waals surface area contributed by atoms with Gasteiger partial charge in [-0.05, 0) is 29.8 Å². The van der Waals surface area contributed by atoms with E-state index in [-0.39, 0.29) is 23.8 Å². The van der Waals surface area contributed by atoms with E-state index in [4.69, 9.17) is 0 Å². The molecule has 2 heterocycles. The zero-order valence-electron chi connectivity index (χ0n) is 14.3. The van der Waals surface area contributed by atoms with Gasteiger partial charge in [0.15, 0.2) is 0 Å². The quantitative estimate of drug-likeness (QED) is 0.597. The van der Waals surface area contributed by atoms with Crippen molar-refractivity contribution >= 4 is 21.6 Å². The van der Waals surface area contributed by atoms with E-state index >= 15 is 0 Å². The van der Waals surface area contributed by atoms with Crippen LogP contribution in [0.2, 0.25) is 0 Å². The molecule has 2 aromatic heterocycles. The molecule has 1 amide bonds. The van der Waals surface area contributed by atoms with Gasteiger partial charge in [0.25, 0.3) is 0 Å². The van der Waals surface area contributed by atoms with Gasteiger partial charge in [-0.15, -0.1) is 0 Å². The summed E-state index contributed by atoms with van der Waals surface area (Å²) in [6.45, 7) is 0.581. The molecule has 27 heavy (non-hydrogen) atoms. The topological polar surface area (TPSA) is 119 Å². The normalized spacial score (nSPS) is 11.3. The van der Waals surface area contributed by atoms with Crippen LogP contribution in [-0.2, 0) is 21.4 Å². The highest BCUT2D eigenvalue weighted by Crippen LogP contribution is 2.11. The van der Waals surface area contributed by atoms with E-state index in [1.165, 1.54) is 30.9 Å². The molecule has 0 saturated carbocycles. The van der Waals surface area contributed by atoms with Gasteiger partial charge in [0.2, 0.25) is 15.9 Å². The van der Waals surface area contributed by atoms with Gasteiger partial charge in [0.1, 0.15) is 17.6 Å². The summed E-state index contributed by atoms with van der Waals surface area (Å²) in [5.74, 6) is -0.284. The van der Waals surface area contributed by atoms with Gasteiger partial charge < -0.3 is 5.32 Å². The molecule has 10 heteroatoms. The lowest BCUT2D eigenvalue weighted by Crippen LogP contribution is -2.27. The second-order valence-electron chi connectivity index (χ2n) is 5.67. The van der Waals surface area contributed by atoms with Crippen LogP contribution in [-0.4, -0.2) is 40.6 Å². The number of anilines is 1. The Morgan fingerprint density at radius 2 is 1.93 bits per heavy atom. The molecule has 0 saturated heterocycles. The Hall–Kier alpha value is -3.11. The minimum Gasteiger partial charge on any atom is -0.326 e. The lowest BCUT2D eigenvalue weighted by atomic mass is 10.2. The van der Waals surface area contributed by atoms with Crippen molar-refractivity contribution in [2.75, 3.05) is 11.9 Å². The number of nitrogens with one attached hydrogen (secondary N) is 2. The van der Waals surface area contributed by atoms with Crippen molar-refractivity contribution in [2.24, 2.45) is 0 Å². The number of hydrogen-bond donors (Lipinski definition) is 2. The standard InChI is InChI=1S/C17H18N6O3S/c24-17(7-9-21-27(25,26)16-2-1-8-18-10-16)22-15-5-3-14(4-6-15)11-23-13-19-12-20-23/h1-6,8,10,12-13,21H,7,9,11H2,(H,22,24). The Labute approximate surface area is 156 Å². The number of carbonyl (C=O) groups is 1. The highest BCUT2D eigenvalue weighted by molar-refractivity contribution is 7.89. The number of carbonyl (C=O) groups excluding carboxylic acids is 1. The molecule has 0 radical (unpaired) electrons. The number of aromatic nitrogens is 4. The van der Waals surface area contributed by atoms with E-state index in [0.29, 0.717) is 12.2 Å². The van der Waals surface area contributed by atoms with E-state index in [0.717, 1.165) is 5.56 Å². The van der Waals surface area contributed by atoms with Gasteiger partial charge in [0.05, 0.1) is 6.54 Å². The zero-order valence-corrected chi connectivity index (χ0v) is 15.1. The lowest BCUT2D eigenvalue weighted by molar-refractivity contribution is -0.116. The van der Waals surface area contributed by atoms with Gasteiger partial charge in [-0.25, -0.2) is 22.8 Å². The van der Waals surface area contributed by atoms with Crippen molar-refractivity contribution < 1.29 is 13.2 Å². The van der Waals surface area contributed by atoms with Crippen LogP contribution in [0.5, 0.6) is 0 Å². The molecule has 0 aliphatic rings. The van der Waals surface area contributed by atoms with Crippen LogP contribution in [0.4, 0.5) is 5.69 Å². The SMILES string of the molecule is O=C(CCNS(=O)(=O)c1cccnc1)Nc1ccc(Cn2cncn2)cc1. The molecule has 0 aliphatic heterocycles. The van der Waals surface area contributed by atoms with Crippen molar-refractivity contribution in [2.45, 2.75) is 17.9 Å². The van der Waals surface area contributed by atoms with Crippen LogP contribution >= 0.6 is 0 Å². The largest absolute Gasteiger partial charge is 0.326 e. The number of hydrogen-bond acceptors (Lipinski definition) is 6. The van der Waals surface area contributed by atoms with Crippen molar-refractivity contribution in [3.05, 3.63) is 67.0 Å². The fraction of sp³-hybridized carbons (Fsp3) is 0.176. The van der Waals surface area contributed by atoms with E-state index in [9.17, 15) is 13.2 Å². The van der Waals surface area contributed by atoms with E-state index < -0.39 is 10.0 Å². The third kappa shape index (κ3) is 5.43. The molecule has 0 atom stereocenters. The summed E-state index contributed by atoms with van der Waals surface area (Å²) < 4.78 is 28.2.